The summed E-state index contributed by atoms with van der Waals surface area (Å²) in [5.41, 5.74) is -3.04. The molecule has 0 aliphatic carbocycles. The third-order valence-electron chi connectivity index (χ3n) is 2.57. The van der Waals surface area contributed by atoms with Gasteiger partial charge in [-0.2, -0.15) is 18.3 Å². The van der Waals surface area contributed by atoms with Crippen LogP contribution >= 0.6 is 0 Å². The molecular weight excluding hydrogens is 291 g/mol. The van der Waals surface area contributed by atoms with Gasteiger partial charge in [0.05, 0.1) is 11.9 Å². The van der Waals surface area contributed by atoms with E-state index in [0.717, 1.165) is 12.3 Å². The molecule has 1 aromatic rings. The molecule has 0 aromatic carbocycles. The van der Waals surface area contributed by atoms with E-state index in [1.807, 2.05) is 0 Å². The molecule has 0 unspecified atom stereocenters. The lowest BCUT2D eigenvalue weighted by Gasteiger charge is -2.17. The number of halogens is 3. The summed E-state index contributed by atoms with van der Waals surface area (Å²) in [4.78, 5) is 21.5. The van der Waals surface area contributed by atoms with E-state index in [1.54, 1.807) is 12.0 Å². The maximum Gasteiger partial charge on any atom is 0.423 e. The summed E-state index contributed by atoms with van der Waals surface area (Å²) in [6.07, 6.45) is -0.758. The molecule has 0 saturated heterocycles. The van der Waals surface area contributed by atoms with Gasteiger partial charge in [-0.15, -0.1) is 0 Å². The van der Waals surface area contributed by atoms with Gasteiger partial charge < -0.3 is 10.4 Å². The van der Waals surface area contributed by atoms with Crippen LogP contribution < -0.4 is 10.9 Å². The molecule has 0 radical (unpaired) electrons. The second-order valence-corrected chi connectivity index (χ2v) is 4.35. The van der Waals surface area contributed by atoms with E-state index in [4.69, 9.17) is 5.11 Å². The number of aromatic amines is 1. The summed E-state index contributed by atoms with van der Waals surface area (Å²) in [5.74, 6) is -1.09. The third kappa shape index (κ3) is 5.28. The van der Waals surface area contributed by atoms with Crippen LogP contribution in [0, 0.1) is 0 Å². The topological polar surface area (TPSA) is 95.1 Å². The van der Waals surface area contributed by atoms with E-state index in [9.17, 15) is 22.8 Å². The minimum Gasteiger partial charge on any atom is -0.478 e. The van der Waals surface area contributed by atoms with Crippen molar-refractivity contribution in [1.82, 2.24) is 10.2 Å². The molecule has 21 heavy (non-hydrogen) atoms. The molecular formula is C12H14F3N3O3. The van der Waals surface area contributed by atoms with Gasteiger partial charge in [-0.1, -0.05) is 6.08 Å². The molecule has 0 fully saturated rings. The van der Waals surface area contributed by atoms with Gasteiger partial charge in [-0.3, -0.25) is 4.79 Å². The molecule has 0 bridgehead atoms. The highest BCUT2D eigenvalue weighted by Gasteiger charge is 2.37. The van der Waals surface area contributed by atoms with Gasteiger partial charge in [0.2, 0.25) is 0 Å². The number of hydrogen-bond donors (Lipinski definition) is 3. The number of nitrogens with one attached hydrogen (secondary N) is 2. The number of H-pyrrole nitrogens is 1. The van der Waals surface area contributed by atoms with Gasteiger partial charge in [0.15, 0.2) is 0 Å². The van der Waals surface area contributed by atoms with Crippen LogP contribution in [0.25, 0.3) is 0 Å². The summed E-state index contributed by atoms with van der Waals surface area (Å²) < 4.78 is 38.4. The number of alkyl halides is 3. The summed E-state index contributed by atoms with van der Waals surface area (Å²) in [5, 5.41) is 16.0. The Morgan fingerprint density at radius 3 is 2.81 bits per heavy atom. The van der Waals surface area contributed by atoms with E-state index in [1.165, 1.54) is 6.08 Å². The van der Waals surface area contributed by atoms with Gasteiger partial charge in [0, 0.05) is 12.1 Å². The first-order valence-corrected chi connectivity index (χ1v) is 6.02. The van der Waals surface area contributed by atoms with E-state index in [0.29, 0.717) is 12.8 Å². The molecule has 0 spiro atoms. The monoisotopic (exact) mass is 305 g/mol. The molecule has 0 aliphatic heterocycles. The van der Waals surface area contributed by atoms with Gasteiger partial charge in [0.1, 0.15) is 5.56 Å². The average molecular weight is 305 g/mol. The van der Waals surface area contributed by atoms with Gasteiger partial charge >= 0.3 is 12.1 Å². The standard InChI is InChI=1S/C12H14F3N3O3/c1-7(4-2-3-5-9(19)20)17-8-6-16-18-11(21)10(8)12(13,14)15/h3,5-7H,2,4H2,1H3,(H,19,20)(H2,17,18,21)/b5-3+/t7-/m0/s1. The Bertz CT molecular complexity index is 581. The van der Waals surface area contributed by atoms with Crippen molar-refractivity contribution < 1.29 is 23.1 Å². The first-order valence-electron chi connectivity index (χ1n) is 6.02. The predicted molar refractivity (Wildman–Crippen MR) is 69.0 cm³/mol. The Labute approximate surface area is 117 Å². The highest BCUT2D eigenvalue weighted by atomic mass is 19.4. The zero-order valence-electron chi connectivity index (χ0n) is 11.1. The number of aliphatic carboxylic acids is 1. The molecule has 0 amide bonds. The van der Waals surface area contributed by atoms with Crippen LogP contribution in [0.4, 0.5) is 18.9 Å². The molecule has 1 aromatic heterocycles. The number of allylic oxidation sites excluding steroid dienone is 1. The quantitative estimate of drug-likeness (QED) is 0.699. The van der Waals surface area contributed by atoms with Crippen LogP contribution in [0.2, 0.25) is 0 Å². The lowest BCUT2D eigenvalue weighted by atomic mass is 10.1. The zero-order chi connectivity index (χ0) is 16.0. The Balaban J connectivity index is 2.77. The second-order valence-electron chi connectivity index (χ2n) is 4.35. The van der Waals surface area contributed by atoms with Crippen LogP contribution in [0.5, 0.6) is 0 Å². The van der Waals surface area contributed by atoms with Crippen LogP contribution in [0.1, 0.15) is 25.3 Å². The number of nitrogens with zero attached hydrogens (tertiary/aromatic N) is 1. The van der Waals surface area contributed by atoms with Crippen LogP contribution in [0.3, 0.4) is 0 Å². The fraction of sp³-hybridized carbons (Fsp3) is 0.417. The van der Waals surface area contributed by atoms with Crippen molar-refractivity contribution >= 4 is 11.7 Å². The molecule has 3 N–H and O–H groups in total. The Kier molecular flexibility index (Phi) is 5.51. The summed E-state index contributed by atoms with van der Waals surface area (Å²) >= 11 is 0. The van der Waals surface area contributed by atoms with Crippen molar-refractivity contribution in [2.24, 2.45) is 0 Å². The smallest absolute Gasteiger partial charge is 0.423 e. The SMILES string of the molecule is C[C@@H](CC/C=C/C(=O)O)Nc1cn[nH]c(=O)c1C(F)(F)F. The van der Waals surface area contributed by atoms with Crippen LogP contribution in [0.15, 0.2) is 23.1 Å². The van der Waals surface area contributed by atoms with Crippen molar-refractivity contribution in [1.29, 1.82) is 0 Å². The molecule has 1 heterocycles. The Morgan fingerprint density at radius 2 is 2.24 bits per heavy atom. The van der Waals surface area contributed by atoms with Gasteiger partial charge in [-0.05, 0) is 19.8 Å². The van der Waals surface area contributed by atoms with E-state index in [2.05, 4.69) is 10.4 Å². The predicted octanol–water partition coefficient (Wildman–Crippen LogP) is 2.01. The fourth-order valence-electron chi connectivity index (χ4n) is 1.66. The summed E-state index contributed by atoms with van der Waals surface area (Å²) in [6, 6.07) is -0.395. The van der Waals surface area contributed by atoms with Gasteiger partial charge in [-0.25, -0.2) is 9.89 Å². The molecule has 0 aliphatic rings. The molecule has 9 heteroatoms. The minimum absolute atomic E-state index is 0.373. The van der Waals surface area contributed by atoms with Crippen molar-refractivity contribution in [3.05, 3.63) is 34.3 Å². The van der Waals surface area contributed by atoms with E-state index in [-0.39, 0.29) is 0 Å². The fourth-order valence-corrected chi connectivity index (χ4v) is 1.66. The first kappa shape index (κ1) is 16.7. The van der Waals surface area contributed by atoms with Crippen LogP contribution in [-0.2, 0) is 11.0 Å². The van der Waals surface area contributed by atoms with E-state index < -0.39 is 35.0 Å². The maximum atomic E-state index is 12.8. The van der Waals surface area contributed by atoms with Gasteiger partial charge in [0.25, 0.3) is 5.56 Å². The number of hydrogen-bond acceptors (Lipinski definition) is 4. The number of carbonyl (C=O) groups is 1. The lowest BCUT2D eigenvalue weighted by Crippen LogP contribution is -2.27. The molecule has 116 valence electrons. The summed E-state index contributed by atoms with van der Waals surface area (Å²) in [6.45, 7) is 1.62. The number of aromatic nitrogens is 2. The molecule has 1 rings (SSSR count). The van der Waals surface area contributed by atoms with Crippen molar-refractivity contribution in [2.45, 2.75) is 32.0 Å². The number of anilines is 1. The third-order valence-corrected chi connectivity index (χ3v) is 2.57. The highest BCUT2D eigenvalue weighted by molar-refractivity contribution is 5.79. The van der Waals surface area contributed by atoms with Crippen molar-refractivity contribution in [3.63, 3.8) is 0 Å². The summed E-state index contributed by atoms with van der Waals surface area (Å²) in [7, 11) is 0. The number of carboxylic acids is 1. The first-order chi connectivity index (χ1) is 9.71. The Hall–Kier alpha value is -2.32. The minimum atomic E-state index is -4.79. The van der Waals surface area contributed by atoms with E-state index >= 15 is 0 Å². The maximum absolute atomic E-state index is 12.8. The van der Waals surface area contributed by atoms with Crippen LogP contribution in [-0.4, -0.2) is 27.3 Å². The normalized spacial score (nSPS) is 13.3. The second kappa shape index (κ2) is 6.91. The van der Waals surface area contributed by atoms with Crippen molar-refractivity contribution in [2.75, 3.05) is 5.32 Å². The number of carboxylic acid groups (broad SMARTS) is 1. The lowest BCUT2D eigenvalue weighted by molar-refractivity contribution is -0.138. The largest absolute Gasteiger partial charge is 0.478 e. The molecule has 6 nitrogen and oxygen atoms in total. The number of rotatable bonds is 6. The average Bonchev–Trinajstić information content (AvgIpc) is 2.32. The Morgan fingerprint density at radius 1 is 1.57 bits per heavy atom. The highest BCUT2D eigenvalue weighted by Crippen LogP contribution is 2.31. The van der Waals surface area contributed by atoms with Crippen molar-refractivity contribution in [3.8, 4) is 0 Å². The molecule has 0 saturated carbocycles. The molecule has 1 atom stereocenters. The zero-order valence-corrected chi connectivity index (χ0v) is 11.1.